The molecule has 0 unspecified atom stereocenters. The number of rotatable bonds is 10. The van der Waals surface area contributed by atoms with Crippen LogP contribution in [0.25, 0.3) is 0 Å². The van der Waals surface area contributed by atoms with Crippen molar-refractivity contribution in [2.24, 2.45) is 0 Å². The predicted molar refractivity (Wildman–Crippen MR) is 152 cm³/mol. The van der Waals surface area contributed by atoms with Crippen LogP contribution in [0.2, 0.25) is 5.02 Å². The smallest absolute Gasteiger partial charge is 0.264 e. The van der Waals surface area contributed by atoms with Gasteiger partial charge in [-0.25, -0.2) is 8.42 Å². The molecule has 39 heavy (non-hydrogen) atoms. The minimum atomic E-state index is -4.15. The minimum absolute atomic E-state index is 0.00503. The SMILES string of the molecule is COc1ccc(N(CC(=O)Nc2ccccc2C(=O)NCc2ccccc2)S(=O)(=O)c2ccccc2)cc1Cl. The van der Waals surface area contributed by atoms with Crippen molar-refractivity contribution >= 4 is 44.8 Å². The Kier molecular flexibility index (Phi) is 8.85. The van der Waals surface area contributed by atoms with E-state index in [9.17, 15) is 18.0 Å². The van der Waals surface area contributed by atoms with Gasteiger partial charge in [-0.3, -0.25) is 13.9 Å². The number of hydrogen-bond donors (Lipinski definition) is 2. The van der Waals surface area contributed by atoms with Crippen molar-refractivity contribution in [2.75, 3.05) is 23.3 Å². The topological polar surface area (TPSA) is 105 Å². The molecule has 0 radical (unpaired) electrons. The van der Waals surface area contributed by atoms with Gasteiger partial charge in [0.1, 0.15) is 12.3 Å². The molecule has 4 rings (SSSR count). The summed E-state index contributed by atoms with van der Waals surface area (Å²) in [5, 5.41) is 5.71. The fourth-order valence-electron chi connectivity index (χ4n) is 3.83. The van der Waals surface area contributed by atoms with E-state index in [2.05, 4.69) is 10.6 Å². The van der Waals surface area contributed by atoms with E-state index in [0.717, 1.165) is 9.87 Å². The van der Waals surface area contributed by atoms with Crippen molar-refractivity contribution in [3.63, 3.8) is 0 Å². The Morgan fingerprint density at radius 3 is 2.18 bits per heavy atom. The maximum absolute atomic E-state index is 13.6. The highest BCUT2D eigenvalue weighted by Gasteiger charge is 2.28. The lowest BCUT2D eigenvalue weighted by Crippen LogP contribution is -2.38. The summed E-state index contributed by atoms with van der Waals surface area (Å²) in [7, 11) is -2.71. The lowest BCUT2D eigenvalue weighted by molar-refractivity contribution is -0.114. The largest absolute Gasteiger partial charge is 0.495 e. The molecule has 0 saturated heterocycles. The first-order chi connectivity index (χ1) is 18.8. The lowest BCUT2D eigenvalue weighted by atomic mass is 10.1. The quantitative estimate of drug-likeness (QED) is 0.279. The molecule has 0 fully saturated rings. The number of carbonyl (C=O) groups excluding carboxylic acids is 2. The molecular weight excluding hydrogens is 538 g/mol. The van der Waals surface area contributed by atoms with E-state index in [0.29, 0.717) is 12.3 Å². The average Bonchev–Trinajstić information content (AvgIpc) is 2.96. The number of ether oxygens (including phenoxy) is 1. The fourth-order valence-corrected chi connectivity index (χ4v) is 5.51. The van der Waals surface area contributed by atoms with Gasteiger partial charge in [-0.05, 0) is 48.0 Å². The van der Waals surface area contributed by atoms with Crippen LogP contribution in [0.15, 0.2) is 108 Å². The van der Waals surface area contributed by atoms with Crippen LogP contribution in [0, 0.1) is 0 Å². The normalized spacial score (nSPS) is 10.9. The lowest BCUT2D eigenvalue weighted by Gasteiger charge is -2.25. The van der Waals surface area contributed by atoms with Crippen LogP contribution in [-0.2, 0) is 21.4 Å². The molecule has 2 amide bonds. The van der Waals surface area contributed by atoms with Crippen LogP contribution in [0.1, 0.15) is 15.9 Å². The monoisotopic (exact) mass is 563 g/mol. The summed E-state index contributed by atoms with van der Waals surface area (Å²) in [5.41, 5.74) is 1.59. The molecule has 4 aromatic rings. The molecule has 8 nitrogen and oxygen atoms in total. The van der Waals surface area contributed by atoms with E-state index in [1.54, 1.807) is 42.5 Å². The summed E-state index contributed by atoms with van der Waals surface area (Å²) in [6.07, 6.45) is 0. The minimum Gasteiger partial charge on any atom is -0.495 e. The zero-order valence-electron chi connectivity index (χ0n) is 21.0. The van der Waals surface area contributed by atoms with Crippen LogP contribution in [0.3, 0.4) is 0 Å². The number of benzene rings is 4. The molecule has 0 atom stereocenters. The first kappa shape index (κ1) is 27.7. The third-order valence-electron chi connectivity index (χ3n) is 5.78. The summed E-state index contributed by atoms with van der Waals surface area (Å²) < 4.78 is 33.3. The van der Waals surface area contributed by atoms with Crippen molar-refractivity contribution < 1.29 is 22.7 Å². The number of hydrogen-bond acceptors (Lipinski definition) is 5. The number of para-hydroxylation sites is 1. The first-order valence-corrected chi connectivity index (χ1v) is 13.7. The molecule has 0 bridgehead atoms. The van der Waals surface area contributed by atoms with Crippen LogP contribution in [-0.4, -0.2) is 33.9 Å². The Morgan fingerprint density at radius 1 is 0.872 bits per heavy atom. The van der Waals surface area contributed by atoms with E-state index in [4.69, 9.17) is 16.3 Å². The zero-order valence-corrected chi connectivity index (χ0v) is 22.6. The molecule has 0 spiro atoms. The molecule has 0 saturated carbocycles. The van der Waals surface area contributed by atoms with E-state index in [1.165, 1.54) is 37.4 Å². The Bertz CT molecular complexity index is 1560. The molecule has 2 N–H and O–H groups in total. The van der Waals surface area contributed by atoms with Gasteiger partial charge in [-0.2, -0.15) is 0 Å². The number of anilines is 2. The third-order valence-corrected chi connectivity index (χ3v) is 7.87. The van der Waals surface area contributed by atoms with Crippen LogP contribution in [0.4, 0.5) is 11.4 Å². The zero-order chi connectivity index (χ0) is 27.8. The molecule has 200 valence electrons. The highest BCUT2D eigenvalue weighted by atomic mass is 35.5. The van der Waals surface area contributed by atoms with Crippen molar-refractivity contribution in [3.05, 3.63) is 119 Å². The first-order valence-electron chi connectivity index (χ1n) is 11.9. The molecule has 0 heterocycles. The second-order valence-corrected chi connectivity index (χ2v) is 10.7. The van der Waals surface area contributed by atoms with Gasteiger partial charge in [-0.15, -0.1) is 0 Å². The molecule has 10 heteroatoms. The number of nitrogens with one attached hydrogen (secondary N) is 2. The maximum Gasteiger partial charge on any atom is 0.264 e. The second-order valence-electron chi connectivity index (χ2n) is 8.41. The fraction of sp³-hybridized carbons (Fsp3) is 0.103. The number of nitrogens with zero attached hydrogens (tertiary/aromatic N) is 1. The molecule has 0 aromatic heterocycles. The Balaban J connectivity index is 1.58. The summed E-state index contributed by atoms with van der Waals surface area (Å²) in [6.45, 7) is -0.261. The van der Waals surface area contributed by atoms with Gasteiger partial charge in [0.15, 0.2) is 0 Å². The van der Waals surface area contributed by atoms with Crippen LogP contribution in [0.5, 0.6) is 5.75 Å². The van der Waals surface area contributed by atoms with E-state index >= 15 is 0 Å². The highest BCUT2D eigenvalue weighted by Crippen LogP contribution is 2.32. The molecule has 4 aromatic carbocycles. The molecule has 0 aliphatic rings. The number of amides is 2. The molecular formula is C29H26ClN3O5S. The number of halogens is 1. The number of methoxy groups -OCH3 is 1. The van der Waals surface area contributed by atoms with Gasteiger partial charge >= 0.3 is 0 Å². The van der Waals surface area contributed by atoms with Gasteiger partial charge in [0.2, 0.25) is 5.91 Å². The van der Waals surface area contributed by atoms with E-state index in [1.807, 2.05) is 30.3 Å². The number of sulfonamides is 1. The molecule has 0 aliphatic carbocycles. The summed E-state index contributed by atoms with van der Waals surface area (Å²) in [4.78, 5) is 26.1. The summed E-state index contributed by atoms with van der Waals surface area (Å²) in [6, 6.07) is 28.1. The second kappa shape index (κ2) is 12.5. The molecule has 0 aliphatic heterocycles. The van der Waals surface area contributed by atoms with Crippen molar-refractivity contribution in [3.8, 4) is 5.75 Å². The Labute approximate surface area is 232 Å². The van der Waals surface area contributed by atoms with Crippen molar-refractivity contribution in [1.29, 1.82) is 0 Å². The Morgan fingerprint density at radius 2 is 1.51 bits per heavy atom. The van der Waals surface area contributed by atoms with Gasteiger partial charge in [0.05, 0.1) is 34.0 Å². The van der Waals surface area contributed by atoms with Gasteiger partial charge in [0.25, 0.3) is 15.9 Å². The maximum atomic E-state index is 13.6. The van der Waals surface area contributed by atoms with E-state index < -0.39 is 22.5 Å². The standard InChI is InChI=1S/C29H26ClN3O5S/c1-38-27-17-16-22(18-25(27)30)33(39(36,37)23-12-6-3-7-13-23)20-28(34)32-26-15-9-8-14-24(26)29(35)31-19-21-10-4-2-5-11-21/h2-18H,19-20H2,1H3,(H,31,35)(H,32,34). The van der Waals surface area contributed by atoms with Gasteiger partial charge in [-0.1, -0.05) is 72.3 Å². The third kappa shape index (κ3) is 6.76. The highest BCUT2D eigenvalue weighted by molar-refractivity contribution is 7.92. The number of carbonyl (C=O) groups is 2. The van der Waals surface area contributed by atoms with Crippen molar-refractivity contribution in [2.45, 2.75) is 11.4 Å². The summed E-state index contributed by atoms with van der Waals surface area (Å²) >= 11 is 6.27. The van der Waals surface area contributed by atoms with E-state index in [-0.39, 0.29) is 32.8 Å². The van der Waals surface area contributed by atoms with Crippen LogP contribution >= 0.6 is 11.6 Å². The van der Waals surface area contributed by atoms with Crippen LogP contribution < -0.4 is 19.7 Å². The van der Waals surface area contributed by atoms with Gasteiger partial charge < -0.3 is 15.4 Å². The van der Waals surface area contributed by atoms with Crippen molar-refractivity contribution in [1.82, 2.24) is 5.32 Å². The van der Waals surface area contributed by atoms with Gasteiger partial charge in [0, 0.05) is 6.54 Å². The average molecular weight is 564 g/mol. The predicted octanol–water partition coefficient (Wildman–Crippen LogP) is 5.11. The summed E-state index contributed by atoms with van der Waals surface area (Å²) in [5.74, 6) is -0.674. The Hall–Kier alpha value is -4.34.